The van der Waals surface area contributed by atoms with Gasteiger partial charge in [-0.3, -0.25) is 10.2 Å². The van der Waals surface area contributed by atoms with E-state index in [0.29, 0.717) is 0 Å². The molecule has 0 unspecified atom stereocenters. The number of carbonyl (C=O) groups is 1. The van der Waals surface area contributed by atoms with Gasteiger partial charge in [-0.15, -0.1) is 0 Å². The van der Waals surface area contributed by atoms with Gasteiger partial charge in [-0.2, -0.15) is 0 Å². The van der Waals surface area contributed by atoms with Crippen molar-refractivity contribution in [1.29, 1.82) is 5.41 Å². The molecule has 1 atom stereocenters. The van der Waals surface area contributed by atoms with Gasteiger partial charge in [0.05, 0.1) is 25.4 Å². The molecule has 1 amide bonds. The van der Waals surface area contributed by atoms with E-state index >= 15 is 0 Å². The van der Waals surface area contributed by atoms with Gasteiger partial charge in [0, 0.05) is 5.56 Å². The van der Waals surface area contributed by atoms with E-state index in [1.807, 2.05) is 31.2 Å². The topological polar surface area (TPSA) is 88.2 Å². The summed E-state index contributed by atoms with van der Waals surface area (Å²) >= 11 is 0. The van der Waals surface area contributed by atoms with Gasteiger partial charge < -0.3 is 15.8 Å². The Morgan fingerprint density at radius 1 is 1.53 bits per heavy atom. The van der Waals surface area contributed by atoms with Gasteiger partial charge in [0.15, 0.2) is 0 Å². The summed E-state index contributed by atoms with van der Waals surface area (Å²) in [7, 11) is 1.59. The predicted molar refractivity (Wildman–Crippen MR) is 66.1 cm³/mol. The molecule has 92 valence electrons. The minimum atomic E-state index is -0.268. The summed E-state index contributed by atoms with van der Waals surface area (Å²) in [4.78, 5) is 11.5. The van der Waals surface area contributed by atoms with Gasteiger partial charge in [-0.1, -0.05) is 18.2 Å². The van der Waals surface area contributed by atoms with Crippen molar-refractivity contribution >= 4 is 11.7 Å². The number of rotatable bonds is 5. The first-order valence-corrected chi connectivity index (χ1v) is 5.29. The van der Waals surface area contributed by atoms with Crippen LogP contribution in [0.3, 0.4) is 0 Å². The quantitative estimate of drug-likeness (QED) is 0.529. The summed E-state index contributed by atoms with van der Waals surface area (Å²) in [6, 6.07) is 7.29. The highest BCUT2D eigenvalue weighted by Crippen LogP contribution is 2.24. The third-order valence-corrected chi connectivity index (χ3v) is 2.33. The van der Waals surface area contributed by atoms with Crippen molar-refractivity contribution in [2.24, 2.45) is 5.73 Å². The van der Waals surface area contributed by atoms with Crippen LogP contribution >= 0.6 is 0 Å². The summed E-state index contributed by atoms with van der Waals surface area (Å²) in [5.41, 5.74) is 6.06. The number of hydrogen-bond acceptors (Lipinski definition) is 3. The van der Waals surface area contributed by atoms with Crippen LogP contribution in [0.25, 0.3) is 0 Å². The molecule has 1 rings (SSSR count). The molecule has 0 saturated carbocycles. The molecule has 0 aliphatic rings. The van der Waals surface area contributed by atoms with Crippen LogP contribution in [0.2, 0.25) is 0 Å². The van der Waals surface area contributed by atoms with E-state index in [9.17, 15) is 4.79 Å². The van der Waals surface area contributed by atoms with E-state index < -0.39 is 0 Å². The van der Waals surface area contributed by atoms with Crippen LogP contribution in [-0.2, 0) is 4.79 Å². The Balaban J connectivity index is 2.72. The fraction of sp³-hybridized carbons (Fsp3) is 0.333. The van der Waals surface area contributed by atoms with Crippen molar-refractivity contribution in [2.75, 3.05) is 7.11 Å². The highest BCUT2D eigenvalue weighted by Gasteiger charge is 2.13. The molecule has 0 aliphatic heterocycles. The minimum Gasteiger partial charge on any atom is -0.496 e. The molecule has 0 aliphatic carbocycles. The summed E-state index contributed by atoms with van der Waals surface area (Å²) in [6.07, 6.45) is -0.0838. The Kier molecular flexibility index (Phi) is 4.51. The fourth-order valence-corrected chi connectivity index (χ4v) is 1.57. The number of carbonyl (C=O) groups excluding carboxylic acids is 1. The maximum absolute atomic E-state index is 11.5. The van der Waals surface area contributed by atoms with Gasteiger partial charge in [0.1, 0.15) is 5.75 Å². The average Bonchev–Trinajstić information content (AvgIpc) is 2.27. The number of methoxy groups -OCH3 is 1. The average molecular weight is 235 g/mol. The smallest absolute Gasteiger partial charge is 0.228 e. The lowest BCUT2D eigenvalue weighted by atomic mass is 10.1. The molecular weight excluding hydrogens is 218 g/mol. The van der Waals surface area contributed by atoms with Gasteiger partial charge in [0.25, 0.3) is 0 Å². The van der Waals surface area contributed by atoms with Crippen molar-refractivity contribution in [3.8, 4) is 5.75 Å². The first-order valence-electron chi connectivity index (χ1n) is 5.29. The van der Waals surface area contributed by atoms with Crippen molar-refractivity contribution < 1.29 is 9.53 Å². The van der Waals surface area contributed by atoms with Crippen LogP contribution < -0.4 is 15.8 Å². The van der Waals surface area contributed by atoms with E-state index in [-0.39, 0.29) is 24.2 Å². The zero-order chi connectivity index (χ0) is 12.8. The highest BCUT2D eigenvalue weighted by molar-refractivity contribution is 5.97. The molecule has 0 saturated heterocycles. The number of nitrogens with one attached hydrogen (secondary N) is 2. The second kappa shape index (κ2) is 5.89. The standard InChI is InChI=1S/C12H17N3O2/c1-8(15-12(16)7-11(13)14)9-5-3-4-6-10(9)17-2/h3-6,8H,7H2,1-2H3,(H3,13,14)(H,15,16)/t8-/m1/s1. The number of hydrogen-bond donors (Lipinski definition) is 3. The summed E-state index contributed by atoms with van der Waals surface area (Å²) in [6.45, 7) is 1.86. The lowest BCUT2D eigenvalue weighted by Gasteiger charge is -2.16. The molecule has 0 aromatic heterocycles. The Labute approximate surface area is 100 Å². The molecule has 1 aromatic rings. The maximum atomic E-state index is 11.5. The number of para-hydroxylation sites is 1. The molecular formula is C12H17N3O2. The molecule has 0 fully saturated rings. The molecule has 4 N–H and O–H groups in total. The molecule has 1 aromatic carbocycles. The zero-order valence-electron chi connectivity index (χ0n) is 9.99. The van der Waals surface area contributed by atoms with Crippen LogP contribution in [0.1, 0.15) is 24.9 Å². The SMILES string of the molecule is COc1ccccc1[C@@H](C)NC(=O)CC(=N)N. The van der Waals surface area contributed by atoms with Crippen LogP contribution in [-0.4, -0.2) is 18.9 Å². The highest BCUT2D eigenvalue weighted by atomic mass is 16.5. The van der Waals surface area contributed by atoms with Crippen molar-refractivity contribution in [3.05, 3.63) is 29.8 Å². The normalized spacial score (nSPS) is 11.6. The second-order valence-corrected chi connectivity index (χ2v) is 3.73. The lowest BCUT2D eigenvalue weighted by molar-refractivity contribution is -0.120. The lowest BCUT2D eigenvalue weighted by Crippen LogP contribution is -2.30. The van der Waals surface area contributed by atoms with E-state index in [1.165, 1.54) is 0 Å². The van der Waals surface area contributed by atoms with Crippen molar-refractivity contribution in [2.45, 2.75) is 19.4 Å². The van der Waals surface area contributed by atoms with Crippen LogP contribution in [0.15, 0.2) is 24.3 Å². The molecule has 0 bridgehead atoms. The monoisotopic (exact) mass is 235 g/mol. The van der Waals surface area contributed by atoms with Gasteiger partial charge in [-0.25, -0.2) is 0 Å². The van der Waals surface area contributed by atoms with E-state index in [2.05, 4.69) is 5.32 Å². The first kappa shape index (κ1) is 13.0. The summed E-state index contributed by atoms with van der Waals surface area (Å²) in [5, 5.41) is 9.81. The van der Waals surface area contributed by atoms with Crippen LogP contribution in [0, 0.1) is 5.41 Å². The van der Waals surface area contributed by atoms with E-state index in [0.717, 1.165) is 11.3 Å². The predicted octanol–water partition coefficient (Wildman–Crippen LogP) is 1.20. The van der Waals surface area contributed by atoms with Crippen molar-refractivity contribution in [3.63, 3.8) is 0 Å². The maximum Gasteiger partial charge on any atom is 0.228 e. The molecule has 5 nitrogen and oxygen atoms in total. The van der Waals surface area contributed by atoms with E-state index in [4.69, 9.17) is 15.9 Å². The number of ether oxygens (including phenoxy) is 1. The first-order chi connectivity index (χ1) is 8.04. The molecule has 0 heterocycles. The third-order valence-electron chi connectivity index (χ3n) is 2.33. The van der Waals surface area contributed by atoms with Gasteiger partial charge in [-0.05, 0) is 13.0 Å². The number of nitrogens with two attached hydrogens (primary N) is 1. The number of amidine groups is 1. The third kappa shape index (κ3) is 3.79. The van der Waals surface area contributed by atoms with Gasteiger partial charge in [0.2, 0.25) is 5.91 Å². The van der Waals surface area contributed by atoms with Crippen LogP contribution in [0.4, 0.5) is 0 Å². The molecule has 17 heavy (non-hydrogen) atoms. The number of benzene rings is 1. The fourth-order valence-electron chi connectivity index (χ4n) is 1.57. The Hall–Kier alpha value is -2.04. The molecule has 0 spiro atoms. The van der Waals surface area contributed by atoms with E-state index in [1.54, 1.807) is 7.11 Å². The second-order valence-electron chi connectivity index (χ2n) is 3.73. The number of amides is 1. The van der Waals surface area contributed by atoms with Gasteiger partial charge >= 0.3 is 0 Å². The molecule has 5 heteroatoms. The summed E-state index contributed by atoms with van der Waals surface area (Å²) in [5.74, 6) is 0.314. The zero-order valence-corrected chi connectivity index (χ0v) is 9.99. The minimum absolute atomic E-state index is 0.0838. The largest absolute Gasteiger partial charge is 0.496 e. The van der Waals surface area contributed by atoms with Crippen molar-refractivity contribution in [1.82, 2.24) is 5.32 Å². The van der Waals surface area contributed by atoms with Crippen LogP contribution in [0.5, 0.6) is 5.75 Å². The Morgan fingerprint density at radius 2 is 2.18 bits per heavy atom. The molecule has 0 radical (unpaired) electrons. The Morgan fingerprint density at radius 3 is 2.76 bits per heavy atom. The summed E-state index contributed by atoms with van der Waals surface area (Å²) < 4.78 is 5.21. The Bertz CT molecular complexity index is 418.